The van der Waals surface area contributed by atoms with Gasteiger partial charge in [0.1, 0.15) is 18.2 Å². The maximum atomic E-state index is 11.9. The molecule has 23 heavy (non-hydrogen) atoms. The number of methoxy groups -OCH3 is 2. The van der Waals surface area contributed by atoms with E-state index >= 15 is 0 Å². The Morgan fingerprint density at radius 1 is 1.48 bits per heavy atom. The summed E-state index contributed by atoms with van der Waals surface area (Å²) in [7, 11) is 3.12. The fraction of sp³-hybridized carbons (Fsp3) is 0.294. The average molecular weight is 314 g/mol. The summed E-state index contributed by atoms with van der Waals surface area (Å²) in [5.74, 6) is 0.886. The second-order valence-electron chi connectivity index (χ2n) is 4.81. The van der Waals surface area contributed by atoms with Crippen molar-refractivity contribution in [1.29, 1.82) is 5.26 Å². The van der Waals surface area contributed by atoms with E-state index in [1.807, 2.05) is 30.3 Å². The van der Waals surface area contributed by atoms with Crippen molar-refractivity contribution in [3.05, 3.63) is 41.0 Å². The number of para-hydroxylation sites is 1. The van der Waals surface area contributed by atoms with Gasteiger partial charge in [-0.15, -0.1) is 0 Å². The number of hydrogen-bond donors (Lipinski definition) is 1. The third-order valence-electron chi connectivity index (χ3n) is 3.24. The number of carbonyl (C=O) groups is 1. The summed E-state index contributed by atoms with van der Waals surface area (Å²) in [4.78, 5) is 11.9. The lowest BCUT2D eigenvalue weighted by Crippen LogP contribution is -2.28. The third kappa shape index (κ3) is 4.11. The minimum atomic E-state index is -0.429. The van der Waals surface area contributed by atoms with Gasteiger partial charge in [0, 0.05) is 19.2 Å². The first-order chi connectivity index (χ1) is 11.2. The van der Waals surface area contributed by atoms with E-state index < -0.39 is 5.91 Å². The van der Waals surface area contributed by atoms with Crippen LogP contribution in [0.5, 0.6) is 11.5 Å². The zero-order valence-corrected chi connectivity index (χ0v) is 13.1. The molecule has 1 heterocycles. The van der Waals surface area contributed by atoms with Gasteiger partial charge in [-0.2, -0.15) is 5.26 Å². The predicted molar refractivity (Wildman–Crippen MR) is 85.0 cm³/mol. The van der Waals surface area contributed by atoms with Crippen LogP contribution in [0.4, 0.5) is 0 Å². The number of ether oxygens (including phenoxy) is 3. The molecule has 6 nitrogen and oxygen atoms in total. The predicted octanol–water partition coefficient (Wildman–Crippen LogP) is 1.68. The van der Waals surface area contributed by atoms with Crippen molar-refractivity contribution in [1.82, 2.24) is 5.32 Å². The van der Waals surface area contributed by atoms with E-state index in [0.29, 0.717) is 24.7 Å². The summed E-state index contributed by atoms with van der Waals surface area (Å²) in [6, 6.07) is 7.47. The highest BCUT2D eigenvalue weighted by molar-refractivity contribution is 5.98. The monoisotopic (exact) mass is 314 g/mol. The molecule has 0 fully saturated rings. The molecule has 1 aromatic carbocycles. The summed E-state index contributed by atoms with van der Waals surface area (Å²) in [5, 5.41) is 11.8. The third-order valence-corrected chi connectivity index (χ3v) is 3.24. The van der Waals surface area contributed by atoms with Crippen LogP contribution in [0.3, 0.4) is 0 Å². The molecule has 1 aliphatic rings. The molecule has 1 N–H and O–H groups in total. The first kappa shape index (κ1) is 16.6. The van der Waals surface area contributed by atoms with Crippen LogP contribution in [0.25, 0.3) is 6.08 Å². The molecule has 2 rings (SSSR count). The smallest absolute Gasteiger partial charge is 0.262 e. The van der Waals surface area contributed by atoms with E-state index in [2.05, 4.69) is 5.32 Å². The van der Waals surface area contributed by atoms with Crippen molar-refractivity contribution >= 4 is 12.0 Å². The lowest BCUT2D eigenvalue weighted by atomic mass is 10.0. The van der Waals surface area contributed by atoms with Crippen LogP contribution in [0.15, 0.2) is 35.4 Å². The summed E-state index contributed by atoms with van der Waals surface area (Å²) in [5.41, 5.74) is 1.62. The number of benzene rings is 1. The van der Waals surface area contributed by atoms with Gasteiger partial charge in [0.05, 0.1) is 13.7 Å². The van der Waals surface area contributed by atoms with Gasteiger partial charge in [-0.25, -0.2) is 0 Å². The molecule has 6 heteroatoms. The summed E-state index contributed by atoms with van der Waals surface area (Å²) in [6.45, 7) is 1.01. The highest BCUT2D eigenvalue weighted by atomic mass is 16.5. The molecule has 1 aromatic rings. The Hall–Kier alpha value is -2.78. The summed E-state index contributed by atoms with van der Waals surface area (Å²) < 4.78 is 15.8. The van der Waals surface area contributed by atoms with Crippen LogP contribution in [0, 0.1) is 11.3 Å². The number of rotatable bonds is 6. The van der Waals surface area contributed by atoms with Crippen molar-refractivity contribution in [2.24, 2.45) is 0 Å². The van der Waals surface area contributed by atoms with Crippen molar-refractivity contribution in [3.8, 4) is 17.6 Å². The number of nitrogens with zero attached hydrogens (tertiary/aromatic N) is 1. The molecule has 1 aliphatic heterocycles. The molecule has 0 atom stereocenters. The molecule has 0 aromatic heterocycles. The van der Waals surface area contributed by atoms with Gasteiger partial charge in [-0.1, -0.05) is 12.1 Å². The topological polar surface area (TPSA) is 80.6 Å². The molecule has 0 radical (unpaired) electrons. The van der Waals surface area contributed by atoms with E-state index in [9.17, 15) is 4.79 Å². The van der Waals surface area contributed by atoms with Crippen molar-refractivity contribution in [2.75, 3.05) is 34.0 Å². The number of nitriles is 1. The Balaban J connectivity index is 2.19. The molecule has 120 valence electrons. The van der Waals surface area contributed by atoms with Gasteiger partial charge < -0.3 is 19.5 Å². The van der Waals surface area contributed by atoms with Crippen LogP contribution in [0.1, 0.15) is 5.56 Å². The first-order valence-electron chi connectivity index (χ1n) is 7.09. The quantitative estimate of drug-likeness (QED) is 0.491. The maximum Gasteiger partial charge on any atom is 0.262 e. The van der Waals surface area contributed by atoms with E-state index in [0.717, 1.165) is 11.1 Å². The van der Waals surface area contributed by atoms with E-state index in [4.69, 9.17) is 19.5 Å². The van der Waals surface area contributed by atoms with Crippen molar-refractivity contribution in [2.45, 2.75) is 0 Å². The Bertz CT molecular complexity index is 686. The van der Waals surface area contributed by atoms with Gasteiger partial charge in [0.2, 0.25) is 0 Å². The van der Waals surface area contributed by atoms with E-state index in [1.54, 1.807) is 14.2 Å². The van der Waals surface area contributed by atoms with Gasteiger partial charge >= 0.3 is 0 Å². The lowest BCUT2D eigenvalue weighted by molar-refractivity contribution is -0.117. The fourth-order valence-corrected chi connectivity index (χ4v) is 2.14. The van der Waals surface area contributed by atoms with Crippen LogP contribution in [0.2, 0.25) is 0 Å². The first-order valence-corrected chi connectivity index (χ1v) is 7.09. The SMILES string of the molecule is COCCNC(=O)C(C#N)=CC1=Cc2cccc(OC)c2OC1. The second-order valence-corrected chi connectivity index (χ2v) is 4.81. The number of carbonyl (C=O) groups excluding carboxylic acids is 1. The molecule has 0 spiro atoms. The standard InChI is InChI=1S/C17H18N2O4/c1-21-7-6-19-17(20)14(10-18)9-12-8-13-4-3-5-15(22-2)16(13)23-11-12/h3-5,8-9H,6-7,11H2,1-2H3,(H,19,20). The zero-order valence-electron chi connectivity index (χ0n) is 13.1. The van der Waals surface area contributed by atoms with Gasteiger partial charge in [0.25, 0.3) is 5.91 Å². The molecule has 0 saturated carbocycles. The largest absolute Gasteiger partial charge is 0.493 e. The molecule has 0 saturated heterocycles. The Morgan fingerprint density at radius 2 is 2.30 bits per heavy atom. The minimum Gasteiger partial charge on any atom is -0.493 e. The summed E-state index contributed by atoms with van der Waals surface area (Å²) >= 11 is 0. The normalized spacial score (nSPS) is 13.3. The van der Waals surface area contributed by atoms with Crippen LogP contribution >= 0.6 is 0 Å². The molecular weight excluding hydrogens is 296 g/mol. The van der Waals surface area contributed by atoms with Crippen LogP contribution in [-0.2, 0) is 9.53 Å². The highest BCUT2D eigenvalue weighted by Gasteiger charge is 2.16. The zero-order chi connectivity index (χ0) is 16.7. The second kappa shape index (κ2) is 8.01. The van der Waals surface area contributed by atoms with Crippen LogP contribution < -0.4 is 14.8 Å². The van der Waals surface area contributed by atoms with Crippen molar-refractivity contribution < 1.29 is 19.0 Å². The Kier molecular flexibility index (Phi) is 5.78. The number of amides is 1. The minimum absolute atomic E-state index is 0.0299. The van der Waals surface area contributed by atoms with Gasteiger partial charge in [-0.05, 0) is 23.8 Å². The van der Waals surface area contributed by atoms with Crippen molar-refractivity contribution in [3.63, 3.8) is 0 Å². The fourth-order valence-electron chi connectivity index (χ4n) is 2.14. The Labute approximate surface area is 135 Å². The average Bonchev–Trinajstić information content (AvgIpc) is 2.58. The molecule has 0 aliphatic carbocycles. The molecule has 0 bridgehead atoms. The molecule has 1 amide bonds. The van der Waals surface area contributed by atoms with E-state index in [-0.39, 0.29) is 12.2 Å². The van der Waals surface area contributed by atoms with Gasteiger partial charge in [-0.3, -0.25) is 4.79 Å². The lowest BCUT2D eigenvalue weighted by Gasteiger charge is -2.18. The number of fused-ring (bicyclic) bond motifs is 1. The number of hydrogen-bond acceptors (Lipinski definition) is 5. The van der Waals surface area contributed by atoms with Crippen LogP contribution in [-0.4, -0.2) is 39.9 Å². The molecular formula is C17H18N2O4. The van der Waals surface area contributed by atoms with Gasteiger partial charge in [0.15, 0.2) is 11.5 Å². The summed E-state index contributed by atoms with van der Waals surface area (Å²) in [6.07, 6.45) is 3.41. The highest BCUT2D eigenvalue weighted by Crippen LogP contribution is 2.35. The van der Waals surface area contributed by atoms with E-state index in [1.165, 1.54) is 6.08 Å². The Morgan fingerprint density at radius 3 is 3.00 bits per heavy atom. The molecule has 0 unspecified atom stereocenters. The maximum absolute atomic E-state index is 11.9. The number of nitrogens with one attached hydrogen (secondary N) is 1.